The van der Waals surface area contributed by atoms with Gasteiger partial charge in [-0.25, -0.2) is 17.6 Å². The predicted octanol–water partition coefficient (Wildman–Crippen LogP) is 2.91. The van der Waals surface area contributed by atoms with Gasteiger partial charge in [0.2, 0.25) is 10.0 Å². The van der Waals surface area contributed by atoms with Gasteiger partial charge in [-0.2, -0.15) is 4.31 Å². The maximum atomic E-state index is 15.0. The number of likely N-dealkylation sites (tertiary alicyclic amines) is 1. The van der Waals surface area contributed by atoms with Crippen LogP contribution in [0.15, 0.2) is 47.4 Å². The summed E-state index contributed by atoms with van der Waals surface area (Å²) in [4.78, 5) is 28.6. The molecule has 0 saturated carbocycles. The summed E-state index contributed by atoms with van der Waals surface area (Å²) in [7, 11) is -4.31. The van der Waals surface area contributed by atoms with E-state index in [-0.39, 0.29) is 66.5 Å². The minimum absolute atomic E-state index is 0.0128. The molecule has 12 nitrogen and oxygen atoms in total. The quantitative estimate of drug-likeness (QED) is 0.337. The van der Waals surface area contributed by atoms with Gasteiger partial charge in [0.25, 0.3) is 5.91 Å². The number of primary amides is 1. The Labute approximate surface area is 242 Å². The van der Waals surface area contributed by atoms with E-state index in [1.54, 1.807) is 24.0 Å². The van der Waals surface area contributed by atoms with Crippen molar-refractivity contribution in [2.45, 2.75) is 36.8 Å². The van der Waals surface area contributed by atoms with E-state index in [0.717, 1.165) is 6.07 Å². The molecular formula is C28H34FN5O7S. The summed E-state index contributed by atoms with van der Waals surface area (Å²) in [5.74, 6) is -1.05. The average Bonchev–Trinajstić information content (AvgIpc) is 3.38. The van der Waals surface area contributed by atoms with Gasteiger partial charge in [0, 0.05) is 37.6 Å². The number of rotatable bonds is 9. The number of piperidine rings is 1. The van der Waals surface area contributed by atoms with Crippen molar-refractivity contribution in [3.8, 4) is 5.75 Å². The van der Waals surface area contributed by atoms with Crippen LogP contribution in [0, 0.1) is 5.82 Å². The number of anilines is 1. The zero-order chi connectivity index (χ0) is 29.9. The lowest BCUT2D eigenvalue weighted by Crippen LogP contribution is -2.47. The Kier molecular flexibility index (Phi) is 8.85. The van der Waals surface area contributed by atoms with Crippen molar-refractivity contribution in [3.05, 3.63) is 54.0 Å². The third-order valence-corrected chi connectivity index (χ3v) is 9.28. The summed E-state index contributed by atoms with van der Waals surface area (Å²) in [6.45, 7) is 3.14. The van der Waals surface area contributed by atoms with Crippen LogP contribution in [0.4, 0.5) is 14.9 Å². The summed E-state index contributed by atoms with van der Waals surface area (Å²) in [5.41, 5.74) is 5.83. The van der Waals surface area contributed by atoms with Crippen LogP contribution in [0.25, 0.3) is 10.9 Å². The van der Waals surface area contributed by atoms with Crippen molar-refractivity contribution >= 4 is 38.6 Å². The number of sulfonamides is 1. The average molecular weight is 604 g/mol. The summed E-state index contributed by atoms with van der Waals surface area (Å²) >= 11 is 0. The number of fused-ring (bicyclic) bond motifs is 1. The Morgan fingerprint density at radius 2 is 1.90 bits per heavy atom. The molecule has 1 aromatic heterocycles. The fraction of sp³-hybridized carbons (Fsp3) is 0.429. The molecule has 0 unspecified atom stereocenters. The number of aromatic amines is 1. The molecule has 4 N–H and O–H groups in total. The van der Waals surface area contributed by atoms with Crippen molar-refractivity contribution < 1.29 is 36.6 Å². The highest BCUT2D eigenvalue weighted by Gasteiger charge is 2.37. The number of H-pyrrole nitrogens is 1. The standard InChI is InChI=1S/C28H34FN5O7S/c1-2-39-28(36)33-10-8-19(9-11-33)31-23-15-18(29)14-22-24(23)32-25(27(30)35)26(22)42(37,38)34-12-13-40-21(16-34)17-41-20-6-4-3-5-7-20/h3-7,14-15,19,21,31-32H,2,8-13,16-17H2,1H3,(H2,30,35)/t21-/m0/s1. The number of nitrogens with one attached hydrogen (secondary N) is 2. The number of aromatic nitrogens is 1. The SMILES string of the molecule is CCOC(=O)N1CCC(Nc2cc(F)cc3c(S(=O)(=O)N4CCO[C@H](COc5ccccc5)C4)c(C(N)=O)[nH]c23)CC1. The smallest absolute Gasteiger partial charge is 0.409 e. The monoisotopic (exact) mass is 603 g/mol. The summed E-state index contributed by atoms with van der Waals surface area (Å²) in [6.07, 6.45) is 0.175. The zero-order valence-electron chi connectivity index (χ0n) is 23.2. The third kappa shape index (κ3) is 6.30. The van der Waals surface area contributed by atoms with E-state index >= 15 is 0 Å². The van der Waals surface area contributed by atoms with E-state index in [2.05, 4.69) is 10.3 Å². The van der Waals surface area contributed by atoms with E-state index in [1.165, 1.54) is 10.4 Å². The van der Waals surface area contributed by atoms with E-state index in [1.807, 2.05) is 18.2 Å². The van der Waals surface area contributed by atoms with Gasteiger partial charge in [-0.3, -0.25) is 4.79 Å². The molecule has 0 bridgehead atoms. The molecule has 2 aliphatic rings. The molecule has 0 radical (unpaired) electrons. The Bertz CT molecular complexity index is 1540. The molecular weight excluding hydrogens is 569 g/mol. The second-order valence-corrected chi connectivity index (χ2v) is 12.0. The van der Waals surface area contributed by atoms with Crippen molar-refractivity contribution in [3.63, 3.8) is 0 Å². The van der Waals surface area contributed by atoms with Crippen LogP contribution in [0.2, 0.25) is 0 Å². The van der Waals surface area contributed by atoms with Gasteiger partial charge in [0.05, 0.1) is 24.4 Å². The van der Waals surface area contributed by atoms with E-state index in [9.17, 15) is 22.4 Å². The normalized spacial score (nSPS) is 18.6. The lowest BCUT2D eigenvalue weighted by Gasteiger charge is -2.32. The Balaban J connectivity index is 1.39. The number of nitrogens with zero attached hydrogens (tertiary/aromatic N) is 2. The van der Waals surface area contributed by atoms with Crippen LogP contribution < -0.4 is 15.8 Å². The number of para-hydroxylation sites is 1. The molecule has 2 fully saturated rings. The number of amides is 2. The molecule has 0 aliphatic carbocycles. The Morgan fingerprint density at radius 1 is 1.17 bits per heavy atom. The second-order valence-electron chi connectivity index (χ2n) is 10.2. The molecule has 0 spiro atoms. The van der Waals surface area contributed by atoms with E-state index in [0.29, 0.717) is 37.4 Å². The molecule has 2 saturated heterocycles. The van der Waals surface area contributed by atoms with Crippen LogP contribution in [0.3, 0.4) is 0 Å². The predicted molar refractivity (Wildman–Crippen MR) is 152 cm³/mol. The van der Waals surface area contributed by atoms with E-state index < -0.39 is 27.9 Å². The first-order valence-corrected chi connectivity index (χ1v) is 15.2. The van der Waals surface area contributed by atoms with Gasteiger partial charge in [0.1, 0.15) is 34.9 Å². The third-order valence-electron chi connectivity index (χ3n) is 7.33. The summed E-state index contributed by atoms with van der Waals surface area (Å²) in [5, 5.41) is 3.27. The highest BCUT2D eigenvalue weighted by molar-refractivity contribution is 7.89. The first kappa shape index (κ1) is 29.6. The Hall–Kier alpha value is -3.88. The molecule has 1 atom stereocenters. The van der Waals surface area contributed by atoms with Gasteiger partial charge >= 0.3 is 6.09 Å². The first-order chi connectivity index (χ1) is 20.2. The second kappa shape index (κ2) is 12.5. The minimum Gasteiger partial charge on any atom is -0.491 e. The van der Waals surface area contributed by atoms with Crippen LogP contribution in [0.5, 0.6) is 5.75 Å². The molecule has 5 rings (SSSR count). The van der Waals surface area contributed by atoms with Crippen molar-refractivity contribution in [1.29, 1.82) is 0 Å². The topological polar surface area (TPSA) is 156 Å². The fourth-order valence-electron chi connectivity index (χ4n) is 5.28. The van der Waals surface area contributed by atoms with E-state index in [4.69, 9.17) is 19.9 Å². The zero-order valence-corrected chi connectivity index (χ0v) is 24.0. The highest BCUT2D eigenvalue weighted by Crippen LogP contribution is 2.35. The van der Waals surface area contributed by atoms with Crippen molar-refractivity contribution in [1.82, 2.24) is 14.2 Å². The number of nitrogens with two attached hydrogens (primary N) is 1. The van der Waals surface area contributed by atoms with Gasteiger partial charge in [-0.05, 0) is 44.0 Å². The minimum atomic E-state index is -4.31. The van der Waals surface area contributed by atoms with Crippen LogP contribution >= 0.6 is 0 Å². The molecule has 2 aliphatic heterocycles. The van der Waals surface area contributed by atoms with Crippen LogP contribution in [-0.2, 0) is 19.5 Å². The lowest BCUT2D eigenvalue weighted by molar-refractivity contribution is -0.0249. The number of ether oxygens (including phenoxy) is 3. The van der Waals surface area contributed by atoms with Crippen LogP contribution in [-0.4, -0.2) is 92.8 Å². The Morgan fingerprint density at radius 3 is 2.60 bits per heavy atom. The molecule has 42 heavy (non-hydrogen) atoms. The van der Waals surface area contributed by atoms with Gasteiger partial charge in [-0.15, -0.1) is 0 Å². The maximum Gasteiger partial charge on any atom is 0.409 e. The van der Waals surface area contributed by atoms with Gasteiger partial charge < -0.3 is 35.1 Å². The maximum absolute atomic E-state index is 15.0. The number of benzene rings is 2. The largest absolute Gasteiger partial charge is 0.491 e. The molecule has 14 heteroatoms. The first-order valence-electron chi connectivity index (χ1n) is 13.8. The van der Waals surface area contributed by atoms with Crippen molar-refractivity contribution in [2.24, 2.45) is 5.73 Å². The number of morpholine rings is 1. The number of carbonyl (C=O) groups is 2. The number of hydrogen-bond acceptors (Lipinski definition) is 8. The highest BCUT2D eigenvalue weighted by atomic mass is 32.2. The lowest BCUT2D eigenvalue weighted by atomic mass is 10.0. The van der Waals surface area contributed by atoms with Crippen molar-refractivity contribution in [2.75, 3.05) is 51.3 Å². The van der Waals surface area contributed by atoms with Gasteiger partial charge in [0.15, 0.2) is 0 Å². The van der Waals surface area contributed by atoms with Crippen LogP contribution in [0.1, 0.15) is 30.3 Å². The molecule has 3 heterocycles. The number of hydrogen-bond donors (Lipinski definition) is 3. The molecule has 3 aromatic rings. The fourth-order valence-corrected chi connectivity index (χ4v) is 7.06. The number of halogens is 1. The molecule has 2 aromatic carbocycles. The summed E-state index contributed by atoms with van der Waals surface area (Å²) in [6, 6.07) is 11.3. The summed E-state index contributed by atoms with van der Waals surface area (Å²) < 4.78 is 60.7. The molecule has 2 amide bonds. The van der Waals surface area contributed by atoms with Gasteiger partial charge in [-0.1, -0.05) is 18.2 Å². The molecule has 226 valence electrons. The number of carbonyl (C=O) groups excluding carboxylic acids is 2.